The highest BCUT2D eigenvalue weighted by atomic mass is 16.5. The van der Waals surface area contributed by atoms with Crippen LogP contribution in [0.4, 0.5) is 0 Å². The first kappa shape index (κ1) is 29.0. The third kappa shape index (κ3) is 8.43. The maximum absolute atomic E-state index is 5.94. The van der Waals surface area contributed by atoms with Crippen LogP contribution in [-0.2, 0) is 0 Å². The average Bonchev–Trinajstić information content (AvgIpc) is 3.68. The minimum Gasteiger partial charge on any atom is -0.487 e. The topological polar surface area (TPSA) is 76.1 Å². The van der Waals surface area contributed by atoms with E-state index < -0.39 is 0 Å². The fraction of sp³-hybridized carbons (Fsp3) is 0.467. The molecule has 1 aliphatic rings. The van der Waals surface area contributed by atoms with E-state index in [4.69, 9.17) is 4.74 Å². The van der Waals surface area contributed by atoms with Gasteiger partial charge in [-0.2, -0.15) is 5.21 Å². The van der Waals surface area contributed by atoms with E-state index >= 15 is 0 Å². The standard InChI is InChI=1S/C26H31N5O.2C2H6/c1-3-6-23(27-2)18-32-24-15-13-21(14-16-24)25(17-19-7-4-5-8-19)20-9-11-22(12-10-20)26-28-30-31-29-26;2*1-2/h3,6,9-16,19,25H,4-5,7-8,17-18H2,1-2H3,(H,28,29,30,31);2*1-2H3/b6-3-,27-23?;;. The molecule has 1 fully saturated rings. The summed E-state index contributed by atoms with van der Waals surface area (Å²) in [5, 5.41) is 14.4. The molecule has 0 radical (unpaired) electrons. The number of aliphatic imine (C=N–C) groups is 1. The molecule has 2 aromatic carbocycles. The van der Waals surface area contributed by atoms with E-state index in [0.717, 1.165) is 22.9 Å². The lowest BCUT2D eigenvalue weighted by Crippen LogP contribution is -2.09. The Hall–Kier alpha value is -3.28. The number of aromatic nitrogens is 4. The Balaban J connectivity index is 0.00000109. The van der Waals surface area contributed by atoms with Gasteiger partial charge in [0.1, 0.15) is 12.4 Å². The number of tetrazole rings is 1. The molecule has 1 heterocycles. The molecule has 3 aromatic rings. The first-order valence-corrected chi connectivity index (χ1v) is 13.4. The summed E-state index contributed by atoms with van der Waals surface area (Å²) in [7, 11) is 1.79. The first-order valence-electron chi connectivity index (χ1n) is 13.4. The highest BCUT2D eigenvalue weighted by Gasteiger charge is 2.23. The summed E-state index contributed by atoms with van der Waals surface area (Å²) >= 11 is 0. The van der Waals surface area contributed by atoms with Gasteiger partial charge >= 0.3 is 0 Å². The van der Waals surface area contributed by atoms with Crippen molar-refractivity contribution >= 4 is 5.71 Å². The van der Waals surface area contributed by atoms with E-state index in [-0.39, 0.29) is 0 Å². The van der Waals surface area contributed by atoms with Crippen LogP contribution in [0.5, 0.6) is 5.75 Å². The number of aromatic amines is 1. The van der Waals surface area contributed by atoms with Crippen molar-refractivity contribution in [3.63, 3.8) is 0 Å². The van der Waals surface area contributed by atoms with E-state index in [9.17, 15) is 0 Å². The molecule has 36 heavy (non-hydrogen) atoms. The molecule has 6 heteroatoms. The maximum Gasteiger partial charge on any atom is 0.204 e. The average molecular weight is 490 g/mol. The molecular weight excluding hydrogens is 446 g/mol. The lowest BCUT2D eigenvalue weighted by Gasteiger charge is -2.22. The van der Waals surface area contributed by atoms with Gasteiger partial charge in [-0.3, -0.25) is 4.99 Å². The smallest absolute Gasteiger partial charge is 0.204 e. The molecule has 0 amide bonds. The van der Waals surface area contributed by atoms with Crippen LogP contribution in [0.25, 0.3) is 11.4 Å². The molecule has 0 spiro atoms. The van der Waals surface area contributed by atoms with E-state index in [1.54, 1.807) is 7.05 Å². The van der Waals surface area contributed by atoms with Gasteiger partial charge in [-0.25, -0.2) is 0 Å². The van der Waals surface area contributed by atoms with Crippen LogP contribution < -0.4 is 4.74 Å². The Morgan fingerprint density at radius 3 is 2.14 bits per heavy atom. The monoisotopic (exact) mass is 489 g/mol. The molecule has 0 aliphatic heterocycles. The van der Waals surface area contributed by atoms with Gasteiger partial charge in [0.05, 0.1) is 5.71 Å². The summed E-state index contributed by atoms with van der Waals surface area (Å²) in [6, 6.07) is 17.2. The minimum absolute atomic E-state index is 0.363. The van der Waals surface area contributed by atoms with Gasteiger partial charge in [-0.15, -0.1) is 10.2 Å². The number of rotatable bonds is 9. The number of hydrogen-bond donors (Lipinski definition) is 1. The second-order valence-electron chi connectivity index (χ2n) is 8.37. The fourth-order valence-electron chi connectivity index (χ4n) is 4.53. The first-order chi connectivity index (χ1) is 17.8. The number of allylic oxidation sites excluding steroid dienone is 1. The van der Waals surface area contributed by atoms with Gasteiger partial charge in [-0.05, 0) is 53.8 Å². The normalized spacial score (nSPS) is 14.6. The fourth-order valence-corrected chi connectivity index (χ4v) is 4.53. The lowest BCUT2D eigenvalue weighted by molar-refractivity contribution is 0.377. The van der Waals surface area contributed by atoms with E-state index in [1.165, 1.54) is 43.2 Å². The number of nitrogens with zero attached hydrogens (tertiary/aromatic N) is 4. The Labute approximate surface area is 217 Å². The second-order valence-corrected chi connectivity index (χ2v) is 8.37. The Kier molecular flexibility index (Phi) is 13.2. The zero-order chi connectivity index (χ0) is 26.2. The van der Waals surface area contributed by atoms with Crippen molar-refractivity contribution in [3.05, 3.63) is 71.8 Å². The molecule has 4 rings (SSSR count). The van der Waals surface area contributed by atoms with E-state index in [2.05, 4.69) is 74.1 Å². The van der Waals surface area contributed by atoms with Crippen LogP contribution >= 0.6 is 0 Å². The maximum atomic E-state index is 5.94. The number of nitrogens with one attached hydrogen (secondary N) is 1. The summed E-state index contributed by atoms with van der Waals surface area (Å²) in [6.07, 6.45) is 10.5. The summed E-state index contributed by atoms with van der Waals surface area (Å²) < 4.78 is 5.94. The minimum atomic E-state index is 0.363. The quantitative estimate of drug-likeness (QED) is 0.313. The highest BCUT2D eigenvalue weighted by molar-refractivity contribution is 5.96. The van der Waals surface area contributed by atoms with Crippen LogP contribution in [0.2, 0.25) is 0 Å². The summed E-state index contributed by atoms with van der Waals surface area (Å²) in [6.45, 7) is 10.5. The van der Waals surface area contributed by atoms with Crippen molar-refractivity contribution in [2.45, 2.75) is 72.6 Å². The highest BCUT2D eigenvalue weighted by Crippen LogP contribution is 2.38. The number of ether oxygens (including phenoxy) is 1. The number of hydrogen-bond acceptors (Lipinski definition) is 5. The van der Waals surface area contributed by atoms with Crippen LogP contribution in [0.15, 0.2) is 65.7 Å². The molecule has 1 N–H and O–H groups in total. The van der Waals surface area contributed by atoms with Crippen LogP contribution in [0, 0.1) is 5.92 Å². The Morgan fingerprint density at radius 2 is 1.61 bits per heavy atom. The van der Waals surface area contributed by atoms with Gasteiger partial charge in [-0.1, -0.05) is 95.9 Å². The van der Waals surface area contributed by atoms with Crippen LogP contribution in [-0.4, -0.2) is 40.0 Å². The Bertz CT molecular complexity index is 1020. The van der Waals surface area contributed by atoms with Crippen molar-refractivity contribution < 1.29 is 4.74 Å². The summed E-state index contributed by atoms with van der Waals surface area (Å²) in [5.41, 5.74) is 4.55. The van der Waals surface area contributed by atoms with Gasteiger partial charge in [0.25, 0.3) is 0 Å². The molecule has 6 nitrogen and oxygen atoms in total. The summed E-state index contributed by atoms with van der Waals surface area (Å²) in [4.78, 5) is 4.25. The van der Waals surface area contributed by atoms with Gasteiger partial charge < -0.3 is 4.74 Å². The lowest BCUT2D eigenvalue weighted by atomic mass is 9.83. The molecule has 194 valence electrons. The Morgan fingerprint density at radius 1 is 1.00 bits per heavy atom. The molecule has 1 saturated carbocycles. The van der Waals surface area contributed by atoms with Crippen LogP contribution in [0.1, 0.15) is 83.8 Å². The molecule has 1 aromatic heterocycles. The summed E-state index contributed by atoms with van der Waals surface area (Å²) in [5.74, 6) is 2.64. The van der Waals surface area contributed by atoms with Crippen LogP contribution in [0.3, 0.4) is 0 Å². The molecule has 1 unspecified atom stereocenters. The van der Waals surface area contributed by atoms with Crippen molar-refractivity contribution in [1.29, 1.82) is 0 Å². The molecule has 1 atom stereocenters. The van der Waals surface area contributed by atoms with Crippen molar-refractivity contribution in [2.24, 2.45) is 10.9 Å². The molecule has 0 bridgehead atoms. The molecule has 1 aliphatic carbocycles. The van der Waals surface area contributed by atoms with Gasteiger partial charge in [0.15, 0.2) is 0 Å². The molecule has 0 saturated heterocycles. The third-order valence-electron chi connectivity index (χ3n) is 6.28. The van der Waals surface area contributed by atoms with E-state index in [1.807, 2.05) is 46.8 Å². The second kappa shape index (κ2) is 16.4. The predicted octanol–water partition coefficient (Wildman–Crippen LogP) is 7.66. The third-order valence-corrected chi connectivity index (χ3v) is 6.28. The van der Waals surface area contributed by atoms with Gasteiger partial charge in [0.2, 0.25) is 5.82 Å². The largest absolute Gasteiger partial charge is 0.487 e. The van der Waals surface area contributed by atoms with Gasteiger partial charge in [0, 0.05) is 18.5 Å². The van der Waals surface area contributed by atoms with Crippen molar-refractivity contribution in [3.8, 4) is 17.1 Å². The number of H-pyrrole nitrogens is 1. The van der Waals surface area contributed by atoms with E-state index in [0.29, 0.717) is 18.3 Å². The predicted molar refractivity (Wildman–Crippen MR) is 151 cm³/mol. The zero-order valence-electron chi connectivity index (χ0n) is 22.9. The SMILES string of the molecule is C/C=C\C(COc1ccc(C(CC2CCCC2)c2ccc(-c3nn[nH]n3)cc2)cc1)=NC.CC.CC. The van der Waals surface area contributed by atoms with Crippen molar-refractivity contribution in [1.82, 2.24) is 20.6 Å². The molecular formula is C30H43N5O. The number of benzene rings is 2. The van der Waals surface area contributed by atoms with Crippen molar-refractivity contribution in [2.75, 3.05) is 13.7 Å². The zero-order valence-corrected chi connectivity index (χ0v) is 22.9.